The molecule has 0 heterocycles. The Bertz CT molecular complexity index is 758. The van der Waals surface area contributed by atoms with Crippen LogP contribution in [-0.2, 0) is 15.7 Å². The Hall–Kier alpha value is -1.73. The molecule has 21 heavy (non-hydrogen) atoms. The lowest BCUT2D eigenvalue weighted by Crippen LogP contribution is -2.02. The van der Waals surface area contributed by atoms with Gasteiger partial charge in [-0.2, -0.15) is 0 Å². The standard InChI is InChI=1S/C13H8ClF3O3S/c14-21(18,19)13-6-9(15)1-2-12(13)20-7-8-3-10(16)5-11(17)4-8/h1-6H,7H2. The van der Waals surface area contributed by atoms with Crippen LogP contribution in [0.15, 0.2) is 41.3 Å². The molecule has 0 radical (unpaired) electrons. The molecule has 0 N–H and O–H groups in total. The van der Waals surface area contributed by atoms with Gasteiger partial charge in [-0.3, -0.25) is 0 Å². The Morgan fingerprint density at radius 1 is 0.952 bits per heavy atom. The van der Waals surface area contributed by atoms with Crippen molar-refractivity contribution >= 4 is 19.7 Å². The monoisotopic (exact) mass is 336 g/mol. The highest BCUT2D eigenvalue weighted by atomic mass is 35.7. The van der Waals surface area contributed by atoms with E-state index in [2.05, 4.69) is 0 Å². The molecular weight excluding hydrogens is 329 g/mol. The Morgan fingerprint density at radius 2 is 1.57 bits per heavy atom. The van der Waals surface area contributed by atoms with Crippen molar-refractivity contribution < 1.29 is 26.3 Å². The van der Waals surface area contributed by atoms with Crippen LogP contribution in [-0.4, -0.2) is 8.42 Å². The van der Waals surface area contributed by atoms with Gasteiger partial charge in [0.15, 0.2) is 0 Å². The van der Waals surface area contributed by atoms with Gasteiger partial charge in [-0.25, -0.2) is 21.6 Å². The summed E-state index contributed by atoms with van der Waals surface area (Å²) in [6.45, 7) is -0.306. The molecule has 0 spiro atoms. The molecule has 2 rings (SSSR count). The first kappa shape index (κ1) is 15.7. The molecule has 0 fully saturated rings. The smallest absolute Gasteiger partial charge is 0.265 e. The van der Waals surface area contributed by atoms with Gasteiger partial charge in [0.1, 0.15) is 34.7 Å². The Labute approximate surface area is 123 Å². The zero-order valence-electron chi connectivity index (χ0n) is 10.3. The van der Waals surface area contributed by atoms with Gasteiger partial charge >= 0.3 is 0 Å². The molecular formula is C13H8ClF3O3S. The van der Waals surface area contributed by atoms with Gasteiger partial charge in [0.25, 0.3) is 9.05 Å². The maximum atomic E-state index is 13.1. The van der Waals surface area contributed by atoms with Crippen molar-refractivity contribution in [3.8, 4) is 5.75 Å². The Morgan fingerprint density at radius 3 is 2.14 bits per heavy atom. The molecule has 0 aromatic heterocycles. The summed E-state index contributed by atoms with van der Waals surface area (Å²) < 4.78 is 66.9. The molecule has 0 atom stereocenters. The fourth-order valence-corrected chi connectivity index (χ4v) is 2.63. The van der Waals surface area contributed by atoms with Crippen LogP contribution in [0.3, 0.4) is 0 Å². The van der Waals surface area contributed by atoms with Crippen LogP contribution >= 0.6 is 10.7 Å². The average molecular weight is 337 g/mol. The van der Waals surface area contributed by atoms with Gasteiger partial charge in [0.05, 0.1) is 0 Å². The average Bonchev–Trinajstić information content (AvgIpc) is 2.35. The minimum absolute atomic E-state index is 0.148. The van der Waals surface area contributed by atoms with Crippen molar-refractivity contribution in [3.63, 3.8) is 0 Å². The number of hydrogen-bond donors (Lipinski definition) is 0. The fourth-order valence-electron chi connectivity index (χ4n) is 1.65. The summed E-state index contributed by atoms with van der Waals surface area (Å²) in [6, 6.07) is 5.50. The number of rotatable bonds is 4. The molecule has 112 valence electrons. The highest BCUT2D eigenvalue weighted by Gasteiger charge is 2.18. The van der Waals surface area contributed by atoms with Crippen molar-refractivity contribution in [2.24, 2.45) is 0 Å². The largest absolute Gasteiger partial charge is 0.487 e. The van der Waals surface area contributed by atoms with E-state index >= 15 is 0 Å². The van der Waals surface area contributed by atoms with Gasteiger partial charge in [0.2, 0.25) is 0 Å². The summed E-state index contributed by atoms with van der Waals surface area (Å²) >= 11 is 0. The summed E-state index contributed by atoms with van der Waals surface area (Å²) in [4.78, 5) is -0.555. The maximum absolute atomic E-state index is 13.1. The lowest BCUT2D eigenvalue weighted by Gasteiger charge is -2.10. The first-order valence-electron chi connectivity index (χ1n) is 5.58. The van der Waals surface area contributed by atoms with Crippen LogP contribution in [0.4, 0.5) is 13.2 Å². The first-order chi connectivity index (χ1) is 9.75. The van der Waals surface area contributed by atoms with Gasteiger partial charge in [-0.1, -0.05) is 0 Å². The van der Waals surface area contributed by atoms with E-state index in [4.69, 9.17) is 15.4 Å². The highest BCUT2D eigenvalue weighted by Crippen LogP contribution is 2.28. The van der Waals surface area contributed by atoms with Crippen LogP contribution in [0.2, 0.25) is 0 Å². The minimum Gasteiger partial charge on any atom is -0.487 e. The predicted octanol–water partition coefficient (Wildman–Crippen LogP) is 3.61. The SMILES string of the molecule is O=S(=O)(Cl)c1cc(F)ccc1OCc1cc(F)cc(F)c1. The molecule has 0 aliphatic heterocycles. The van der Waals surface area contributed by atoms with E-state index in [-0.39, 0.29) is 17.9 Å². The maximum Gasteiger partial charge on any atom is 0.265 e. The number of benzene rings is 2. The summed E-state index contributed by atoms with van der Waals surface area (Å²) in [5.41, 5.74) is 0.148. The molecule has 8 heteroatoms. The van der Waals surface area contributed by atoms with E-state index < -0.39 is 31.4 Å². The van der Waals surface area contributed by atoms with Gasteiger partial charge < -0.3 is 4.74 Å². The van der Waals surface area contributed by atoms with E-state index in [0.717, 1.165) is 24.3 Å². The molecule has 3 nitrogen and oxygen atoms in total. The summed E-state index contributed by atoms with van der Waals surface area (Å²) in [5, 5.41) is 0. The second-order valence-electron chi connectivity index (χ2n) is 4.10. The van der Waals surface area contributed by atoms with Crippen molar-refractivity contribution in [1.29, 1.82) is 0 Å². The molecule has 0 unspecified atom stereocenters. The zero-order chi connectivity index (χ0) is 15.6. The van der Waals surface area contributed by atoms with Crippen LogP contribution in [0, 0.1) is 17.5 Å². The second kappa shape index (κ2) is 5.95. The Kier molecular flexibility index (Phi) is 4.43. The summed E-state index contributed by atoms with van der Waals surface area (Å²) in [6.07, 6.45) is 0. The lowest BCUT2D eigenvalue weighted by molar-refractivity contribution is 0.296. The van der Waals surface area contributed by atoms with Crippen molar-refractivity contribution in [1.82, 2.24) is 0 Å². The molecule has 0 amide bonds. The summed E-state index contributed by atoms with van der Waals surface area (Å²) in [7, 11) is 0.956. The quantitative estimate of drug-likeness (QED) is 0.801. The molecule has 0 bridgehead atoms. The van der Waals surface area contributed by atoms with E-state index in [1.807, 2.05) is 0 Å². The molecule has 2 aromatic rings. The molecule has 0 saturated carbocycles. The zero-order valence-corrected chi connectivity index (χ0v) is 11.9. The first-order valence-corrected chi connectivity index (χ1v) is 7.88. The lowest BCUT2D eigenvalue weighted by atomic mass is 10.2. The normalized spacial score (nSPS) is 11.4. The number of halogens is 4. The minimum atomic E-state index is -4.22. The Balaban J connectivity index is 2.28. The predicted molar refractivity (Wildman–Crippen MR) is 70.1 cm³/mol. The van der Waals surface area contributed by atoms with Crippen molar-refractivity contribution in [2.45, 2.75) is 11.5 Å². The molecule has 2 aromatic carbocycles. The van der Waals surface area contributed by atoms with Crippen LogP contribution in [0.1, 0.15) is 5.56 Å². The summed E-state index contributed by atoms with van der Waals surface area (Å²) in [5.74, 6) is -2.61. The van der Waals surface area contributed by atoms with Crippen LogP contribution < -0.4 is 4.74 Å². The van der Waals surface area contributed by atoms with E-state index in [1.54, 1.807) is 0 Å². The van der Waals surface area contributed by atoms with Crippen LogP contribution in [0.25, 0.3) is 0 Å². The van der Waals surface area contributed by atoms with Crippen molar-refractivity contribution in [2.75, 3.05) is 0 Å². The third-order valence-electron chi connectivity index (χ3n) is 2.49. The van der Waals surface area contributed by atoms with Crippen molar-refractivity contribution in [3.05, 3.63) is 59.4 Å². The third kappa shape index (κ3) is 4.12. The van der Waals surface area contributed by atoms with Crippen LogP contribution in [0.5, 0.6) is 5.75 Å². The number of ether oxygens (including phenoxy) is 1. The van der Waals surface area contributed by atoms with Gasteiger partial charge in [-0.05, 0) is 35.9 Å². The third-order valence-corrected chi connectivity index (χ3v) is 3.83. The molecule has 0 saturated heterocycles. The van der Waals surface area contributed by atoms with E-state index in [9.17, 15) is 21.6 Å². The molecule has 0 aliphatic carbocycles. The van der Waals surface area contributed by atoms with E-state index in [1.165, 1.54) is 0 Å². The van der Waals surface area contributed by atoms with Gasteiger partial charge in [0, 0.05) is 16.7 Å². The van der Waals surface area contributed by atoms with Gasteiger partial charge in [-0.15, -0.1) is 0 Å². The second-order valence-corrected chi connectivity index (χ2v) is 6.63. The molecule has 0 aliphatic rings. The topological polar surface area (TPSA) is 43.4 Å². The highest BCUT2D eigenvalue weighted by molar-refractivity contribution is 8.13. The number of hydrogen-bond acceptors (Lipinski definition) is 3. The fraction of sp³-hybridized carbons (Fsp3) is 0.0769. The van der Waals surface area contributed by atoms with E-state index in [0.29, 0.717) is 12.1 Å².